The van der Waals surface area contributed by atoms with Gasteiger partial charge in [-0.25, -0.2) is 8.78 Å². The van der Waals surface area contributed by atoms with E-state index in [0.717, 1.165) is 12.1 Å². The van der Waals surface area contributed by atoms with Crippen LogP contribution >= 0.6 is 0 Å². The van der Waals surface area contributed by atoms with Gasteiger partial charge in [0.25, 0.3) is 5.91 Å². The van der Waals surface area contributed by atoms with Crippen LogP contribution in [0.5, 0.6) is 5.75 Å². The molecule has 0 aliphatic heterocycles. The van der Waals surface area contributed by atoms with Crippen molar-refractivity contribution in [2.24, 2.45) is 0 Å². The predicted octanol–water partition coefficient (Wildman–Crippen LogP) is 3.73. The molecule has 0 fully saturated rings. The van der Waals surface area contributed by atoms with Gasteiger partial charge in [0.2, 0.25) is 11.7 Å². The van der Waals surface area contributed by atoms with Crippen molar-refractivity contribution in [3.63, 3.8) is 0 Å². The third kappa shape index (κ3) is 4.46. The Kier molecular flexibility index (Phi) is 5.44. The second kappa shape index (κ2) is 7.94. The highest BCUT2D eigenvalue weighted by molar-refractivity contribution is 5.97. The molecule has 0 bridgehead atoms. The molecule has 6 nitrogen and oxygen atoms in total. The van der Waals surface area contributed by atoms with Crippen LogP contribution in [0.15, 0.2) is 47.0 Å². The number of halogens is 2. The van der Waals surface area contributed by atoms with Crippen molar-refractivity contribution in [1.29, 1.82) is 0 Å². The van der Waals surface area contributed by atoms with Gasteiger partial charge in [0.1, 0.15) is 5.75 Å². The standard InChI is InChI=1S/C19H17F2N3O3/c1-11(13-7-8-15(20)16(21)9-13)22-19(25)14-5-3-4-6-17(14)26-10-18-23-12(2)27-24-18/h3-9,11H,10H2,1-2H3,(H,22,25)/t11-/m0/s1. The molecule has 1 atom stereocenters. The Balaban J connectivity index is 1.71. The SMILES string of the molecule is Cc1nc(COc2ccccc2C(=O)N[C@@H](C)c2ccc(F)c(F)c2)no1. The lowest BCUT2D eigenvalue weighted by Crippen LogP contribution is -2.27. The van der Waals surface area contributed by atoms with Gasteiger partial charge in [0.05, 0.1) is 11.6 Å². The molecule has 0 aliphatic rings. The van der Waals surface area contributed by atoms with Gasteiger partial charge in [0, 0.05) is 6.92 Å². The average Bonchev–Trinajstić information content (AvgIpc) is 3.07. The van der Waals surface area contributed by atoms with E-state index >= 15 is 0 Å². The van der Waals surface area contributed by atoms with Crippen LogP contribution in [0.1, 0.15) is 40.6 Å². The zero-order valence-corrected chi connectivity index (χ0v) is 14.7. The van der Waals surface area contributed by atoms with E-state index in [2.05, 4.69) is 15.5 Å². The molecule has 1 amide bonds. The van der Waals surface area contributed by atoms with Crippen molar-refractivity contribution < 1.29 is 22.8 Å². The smallest absolute Gasteiger partial charge is 0.255 e. The van der Waals surface area contributed by atoms with Crippen molar-refractivity contribution in [3.05, 3.63) is 76.9 Å². The Morgan fingerprint density at radius 2 is 2.00 bits per heavy atom. The van der Waals surface area contributed by atoms with E-state index in [1.165, 1.54) is 6.07 Å². The number of hydrogen-bond donors (Lipinski definition) is 1. The molecule has 0 saturated carbocycles. The predicted molar refractivity (Wildman–Crippen MR) is 92.0 cm³/mol. The van der Waals surface area contributed by atoms with Crippen LogP contribution in [0.25, 0.3) is 0 Å². The summed E-state index contributed by atoms with van der Waals surface area (Å²) in [5.41, 5.74) is 0.745. The van der Waals surface area contributed by atoms with Gasteiger partial charge < -0.3 is 14.6 Å². The molecule has 140 valence electrons. The van der Waals surface area contributed by atoms with Crippen molar-refractivity contribution in [1.82, 2.24) is 15.5 Å². The first-order chi connectivity index (χ1) is 12.9. The molecule has 8 heteroatoms. The second-order valence-electron chi connectivity index (χ2n) is 5.88. The number of nitrogens with one attached hydrogen (secondary N) is 1. The zero-order chi connectivity index (χ0) is 19.4. The average molecular weight is 373 g/mol. The number of ether oxygens (including phenoxy) is 1. The number of aromatic nitrogens is 2. The highest BCUT2D eigenvalue weighted by Gasteiger charge is 2.17. The third-order valence-electron chi connectivity index (χ3n) is 3.85. The lowest BCUT2D eigenvalue weighted by molar-refractivity contribution is 0.0935. The van der Waals surface area contributed by atoms with Gasteiger partial charge in [-0.2, -0.15) is 4.98 Å². The van der Waals surface area contributed by atoms with Crippen LogP contribution < -0.4 is 10.1 Å². The summed E-state index contributed by atoms with van der Waals surface area (Å²) in [7, 11) is 0. The molecule has 0 saturated heterocycles. The third-order valence-corrected chi connectivity index (χ3v) is 3.85. The van der Waals surface area contributed by atoms with E-state index in [4.69, 9.17) is 9.26 Å². The zero-order valence-electron chi connectivity index (χ0n) is 14.7. The molecule has 0 aliphatic carbocycles. The van der Waals surface area contributed by atoms with Crippen molar-refractivity contribution >= 4 is 5.91 Å². The number of carbonyl (C=O) groups is 1. The van der Waals surface area contributed by atoms with E-state index in [9.17, 15) is 13.6 Å². The molecule has 2 aromatic carbocycles. The van der Waals surface area contributed by atoms with Crippen LogP contribution in [0.3, 0.4) is 0 Å². The summed E-state index contributed by atoms with van der Waals surface area (Å²) in [5, 5.41) is 6.47. The number of carbonyl (C=O) groups excluding carboxylic acids is 1. The van der Waals surface area contributed by atoms with E-state index < -0.39 is 23.6 Å². The first kappa shape index (κ1) is 18.5. The van der Waals surface area contributed by atoms with Gasteiger partial charge in [-0.05, 0) is 36.8 Å². The van der Waals surface area contributed by atoms with Gasteiger partial charge in [-0.3, -0.25) is 4.79 Å². The minimum atomic E-state index is -0.965. The molecule has 1 aromatic heterocycles. The van der Waals surface area contributed by atoms with E-state index in [1.54, 1.807) is 38.1 Å². The van der Waals surface area contributed by atoms with E-state index in [0.29, 0.717) is 28.6 Å². The fraction of sp³-hybridized carbons (Fsp3) is 0.211. The Bertz CT molecular complexity index is 959. The fourth-order valence-corrected chi connectivity index (χ4v) is 2.46. The van der Waals surface area contributed by atoms with Crippen molar-refractivity contribution in [2.75, 3.05) is 0 Å². The Labute approximate surface area is 154 Å². The van der Waals surface area contributed by atoms with Crippen LogP contribution in [-0.4, -0.2) is 16.0 Å². The highest BCUT2D eigenvalue weighted by atomic mass is 19.2. The molecule has 0 spiro atoms. The second-order valence-corrected chi connectivity index (χ2v) is 5.88. The number of benzene rings is 2. The van der Waals surface area contributed by atoms with Crippen LogP contribution in [-0.2, 0) is 6.61 Å². The normalized spacial score (nSPS) is 11.9. The maximum absolute atomic E-state index is 13.4. The largest absolute Gasteiger partial charge is 0.485 e. The molecule has 1 heterocycles. The molecular weight excluding hydrogens is 356 g/mol. The van der Waals surface area contributed by atoms with Crippen molar-refractivity contribution in [3.8, 4) is 5.75 Å². The lowest BCUT2D eigenvalue weighted by atomic mass is 10.1. The van der Waals surface area contributed by atoms with Gasteiger partial charge in [0.15, 0.2) is 18.2 Å². The minimum Gasteiger partial charge on any atom is -0.485 e. The highest BCUT2D eigenvalue weighted by Crippen LogP contribution is 2.21. The summed E-state index contributed by atoms with van der Waals surface area (Å²) in [4.78, 5) is 16.6. The fourth-order valence-electron chi connectivity index (χ4n) is 2.46. The summed E-state index contributed by atoms with van der Waals surface area (Å²) >= 11 is 0. The van der Waals surface area contributed by atoms with Gasteiger partial charge in [-0.1, -0.05) is 23.4 Å². The summed E-state index contributed by atoms with van der Waals surface area (Å²) in [5.74, 6) is -1.19. The number of amides is 1. The number of nitrogens with zero attached hydrogens (tertiary/aromatic N) is 2. The van der Waals surface area contributed by atoms with Crippen molar-refractivity contribution in [2.45, 2.75) is 26.5 Å². The molecule has 1 N–H and O–H groups in total. The Hall–Kier alpha value is -3.29. The summed E-state index contributed by atoms with van der Waals surface area (Å²) < 4.78 is 37.0. The Morgan fingerprint density at radius 3 is 2.70 bits per heavy atom. The van der Waals surface area contributed by atoms with E-state index in [1.807, 2.05) is 0 Å². The molecule has 27 heavy (non-hydrogen) atoms. The topological polar surface area (TPSA) is 77.2 Å². The summed E-state index contributed by atoms with van der Waals surface area (Å²) in [6, 6.07) is 9.65. The first-order valence-corrected chi connectivity index (χ1v) is 8.21. The Morgan fingerprint density at radius 1 is 1.22 bits per heavy atom. The molecule has 3 rings (SSSR count). The monoisotopic (exact) mass is 373 g/mol. The molecule has 0 radical (unpaired) electrons. The number of hydrogen-bond acceptors (Lipinski definition) is 5. The van der Waals surface area contributed by atoms with Crippen LogP contribution in [0.2, 0.25) is 0 Å². The number of rotatable bonds is 6. The van der Waals surface area contributed by atoms with Gasteiger partial charge in [-0.15, -0.1) is 0 Å². The number of aryl methyl sites for hydroxylation is 1. The number of para-hydroxylation sites is 1. The van der Waals surface area contributed by atoms with Crippen LogP contribution in [0, 0.1) is 18.6 Å². The summed E-state index contributed by atoms with van der Waals surface area (Å²) in [6.45, 7) is 3.38. The van der Waals surface area contributed by atoms with Gasteiger partial charge >= 0.3 is 0 Å². The molecular formula is C19H17F2N3O3. The quantitative estimate of drug-likeness (QED) is 0.712. The molecule has 0 unspecified atom stereocenters. The minimum absolute atomic E-state index is 0.0420. The molecule has 3 aromatic rings. The van der Waals surface area contributed by atoms with E-state index in [-0.39, 0.29) is 6.61 Å². The van der Waals surface area contributed by atoms with Crippen LogP contribution in [0.4, 0.5) is 8.78 Å². The summed E-state index contributed by atoms with van der Waals surface area (Å²) in [6.07, 6.45) is 0. The maximum Gasteiger partial charge on any atom is 0.255 e. The lowest BCUT2D eigenvalue weighted by Gasteiger charge is -2.16. The first-order valence-electron chi connectivity index (χ1n) is 8.21. The maximum atomic E-state index is 13.4.